The van der Waals surface area contributed by atoms with E-state index in [1.807, 2.05) is 24.6 Å². The zero-order valence-electron chi connectivity index (χ0n) is 24.6. The molecule has 9 nitrogen and oxygen atoms in total. The van der Waals surface area contributed by atoms with Crippen molar-refractivity contribution in [2.75, 3.05) is 51.0 Å². The van der Waals surface area contributed by atoms with Gasteiger partial charge in [-0.05, 0) is 50.9 Å². The van der Waals surface area contributed by atoms with E-state index in [4.69, 9.17) is 22.1 Å². The van der Waals surface area contributed by atoms with Crippen LogP contribution >= 0.6 is 11.6 Å². The van der Waals surface area contributed by atoms with Crippen molar-refractivity contribution in [2.45, 2.75) is 38.8 Å². The van der Waals surface area contributed by atoms with Crippen LogP contribution in [-0.4, -0.2) is 71.9 Å². The molecule has 2 atom stereocenters. The van der Waals surface area contributed by atoms with Gasteiger partial charge in [0.05, 0.1) is 28.9 Å². The Labute approximate surface area is 250 Å². The number of aryl methyl sites for hydroxylation is 1. The first-order valence-electron chi connectivity index (χ1n) is 14.3. The van der Waals surface area contributed by atoms with Crippen molar-refractivity contribution in [2.24, 2.45) is 13.0 Å². The molecule has 2 unspecified atom stereocenters. The van der Waals surface area contributed by atoms with Crippen LogP contribution < -0.4 is 20.7 Å². The highest BCUT2D eigenvalue weighted by Crippen LogP contribution is 2.45. The van der Waals surface area contributed by atoms with E-state index in [0.717, 1.165) is 43.1 Å². The normalized spacial score (nSPS) is 20.4. The fourth-order valence-corrected chi connectivity index (χ4v) is 7.08. The number of benzene rings is 2. The molecule has 0 spiro atoms. The molecule has 3 N–H and O–H groups in total. The molecule has 4 aromatic rings. The molecule has 0 aliphatic carbocycles. The van der Waals surface area contributed by atoms with Crippen LogP contribution in [0.4, 0.5) is 15.9 Å². The molecular weight excluding hydrogens is 555 g/mol. The summed E-state index contributed by atoms with van der Waals surface area (Å²) in [5.74, 6) is 0.994. The van der Waals surface area contributed by atoms with Crippen LogP contribution in [0.5, 0.6) is 6.01 Å². The van der Waals surface area contributed by atoms with Crippen LogP contribution in [0.3, 0.4) is 0 Å². The molecule has 5 heterocycles. The van der Waals surface area contributed by atoms with Crippen LogP contribution in [0, 0.1) is 30.0 Å². The average molecular weight is 591 g/mol. The smallest absolute Gasteiger partial charge is 0.318 e. The van der Waals surface area contributed by atoms with Crippen LogP contribution in [0.1, 0.15) is 31.0 Å². The summed E-state index contributed by atoms with van der Waals surface area (Å²) in [6, 6.07) is 8.26. The fraction of sp³-hybridized carbons (Fsp3) is 0.452. The lowest BCUT2D eigenvalue weighted by Gasteiger charge is -2.34. The third kappa shape index (κ3) is 4.70. The summed E-state index contributed by atoms with van der Waals surface area (Å²) in [5.41, 5.74) is 9.11. The number of aromatic nitrogens is 3. The van der Waals surface area contributed by atoms with E-state index in [-0.39, 0.29) is 22.1 Å². The Morgan fingerprint density at radius 3 is 2.38 bits per heavy atom. The van der Waals surface area contributed by atoms with Crippen molar-refractivity contribution < 1.29 is 9.13 Å². The topological polar surface area (TPSA) is 108 Å². The fourth-order valence-electron chi connectivity index (χ4n) is 6.80. The third-order valence-corrected chi connectivity index (χ3v) is 9.14. The van der Waals surface area contributed by atoms with Crippen LogP contribution in [0.15, 0.2) is 18.2 Å². The molecule has 3 aliphatic rings. The lowest BCUT2D eigenvalue weighted by Crippen LogP contribution is -2.51. The maximum absolute atomic E-state index is 16.5. The molecule has 220 valence electrons. The summed E-state index contributed by atoms with van der Waals surface area (Å²) in [6.07, 6.45) is 2.20. The number of hydrogen-bond acceptors (Lipinski definition) is 8. The van der Waals surface area contributed by atoms with Gasteiger partial charge in [-0.15, -0.1) is 0 Å². The quantitative estimate of drug-likeness (QED) is 0.326. The average Bonchev–Trinajstić information content (AvgIpc) is 3.42. The first-order valence-corrected chi connectivity index (χ1v) is 14.7. The van der Waals surface area contributed by atoms with Gasteiger partial charge >= 0.3 is 6.01 Å². The number of nitrogens with one attached hydrogen (secondary N) is 1. The molecule has 3 fully saturated rings. The zero-order chi connectivity index (χ0) is 29.9. The van der Waals surface area contributed by atoms with E-state index >= 15 is 4.39 Å². The van der Waals surface area contributed by atoms with Crippen molar-refractivity contribution >= 4 is 44.9 Å². The Bertz CT molecular complexity index is 1720. The van der Waals surface area contributed by atoms with Gasteiger partial charge in [-0.1, -0.05) is 18.5 Å². The number of nitrogen functional groups attached to an aromatic ring is 1. The molecule has 0 amide bonds. The van der Waals surface area contributed by atoms with E-state index in [1.54, 1.807) is 12.1 Å². The third-order valence-electron chi connectivity index (χ3n) is 8.84. The van der Waals surface area contributed by atoms with Gasteiger partial charge in [0.15, 0.2) is 5.82 Å². The first-order chi connectivity index (χ1) is 20.1. The number of ether oxygens (including phenoxy) is 1. The molecule has 0 radical (unpaired) electrons. The van der Waals surface area contributed by atoms with E-state index in [0.29, 0.717) is 45.5 Å². The summed E-state index contributed by atoms with van der Waals surface area (Å²) in [7, 11) is 5.49. The summed E-state index contributed by atoms with van der Waals surface area (Å²) >= 11 is 6.83. The molecule has 0 saturated carbocycles. The van der Waals surface area contributed by atoms with E-state index < -0.39 is 5.82 Å². The van der Waals surface area contributed by atoms with Crippen molar-refractivity contribution in [1.29, 1.82) is 5.26 Å². The zero-order valence-corrected chi connectivity index (χ0v) is 25.4. The predicted octanol–water partition coefficient (Wildman–Crippen LogP) is 4.86. The van der Waals surface area contributed by atoms with Gasteiger partial charge in [0.25, 0.3) is 0 Å². The molecule has 7 rings (SSSR count). The van der Waals surface area contributed by atoms with Gasteiger partial charge in [0, 0.05) is 72.9 Å². The van der Waals surface area contributed by atoms with Gasteiger partial charge in [0.2, 0.25) is 0 Å². The van der Waals surface area contributed by atoms with Gasteiger partial charge in [-0.25, -0.2) is 4.39 Å². The van der Waals surface area contributed by atoms with E-state index in [9.17, 15) is 5.26 Å². The number of methoxy groups -OCH3 is 1. The van der Waals surface area contributed by atoms with Crippen LogP contribution in [0.25, 0.3) is 32.9 Å². The molecule has 3 aliphatic heterocycles. The maximum Gasteiger partial charge on any atom is 0.318 e. The Kier molecular flexibility index (Phi) is 7.37. The predicted molar refractivity (Wildman–Crippen MR) is 166 cm³/mol. The first kappa shape index (κ1) is 28.5. The number of piperazine rings is 1. The lowest BCUT2D eigenvalue weighted by atomic mass is 9.96. The number of halogens is 2. The summed E-state index contributed by atoms with van der Waals surface area (Å²) in [4.78, 5) is 13.5. The largest absolute Gasteiger partial charge is 0.467 e. The molecule has 11 heteroatoms. The number of likely N-dealkylation sites (tertiary alicyclic amines) is 1. The minimum Gasteiger partial charge on any atom is -0.467 e. The minimum atomic E-state index is -0.584. The maximum atomic E-state index is 16.5. The highest BCUT2D eigenvalue weighted by atomic mass is 35.5. The molecule has 2 aromatic carbocycles. The highest BCUT2D eigenvalue weighted by Gasteiger charge is 2.34. The second kappa shape index (κ2) is 10.9. The molecule has 42 heavy (non-hydrogen) atoms. The van der Waals surface area contributed by atoms with Gasteiger partial charge < -0.3 is 30.2 Å². The minimum absolute atomic E-state index is 0.0900. The Hall–Kier alpha value is -3.65. The Morgan fingerprint density at radius 2 is 1.81 bits per heavy atom. The van der Waals surface area contributed by atoms with Crippen LogP contribution in [0.2, 0.25) is 5.02 Å². The molecule has 2 bridgehead atoms. The number of hydrogen-bond donors (Lipinski definition) is 2. The van der Waals surface area contributed by atoms with Gasteiger partial charge in [-0.2, -0.15) is 15.2 Å². The number of nitrogens with zero attached hydrogens (tertiary/aromatic N) is 6. The van der Waals surface area contributed by atoms with Crippen molar-refractivity contribution in [1.82, 2.24) is 24.8 Å². The highest BCUT2D eigenvalue weighted by molar-refractivity contribution is 6.35. The number of fused-ring (bicyclic) bond motifs is 4. The van der Waals surface area contributed by atoms with Crippen molar-refractivity contribution in [3.63, 3.8) is 0 Å². The summed E-state index contributed by atoms with van der Waals surface area (Å²) in [5, 5.41) is 14.8. The van der Waals surface area contributed by atoms with Gasteiger partial charge in [-0.3, -0.25) is 0 Å². The number of rotatable bonds is 3. The summed E-state index contributed by atoms with van der Waals surface area (Å²) in [6.45, 7) is 8.29. The lowest BCUT2D eigenvalue weighted by molar-refractivity contribution is 0.149. The van der Waals surface area contributed by atoms with Crippen molar-refractivity contribution in [3.05, 3.63) is 40.3 Å². The van der Waals surface area contributed by atoms with E-state index in [2.05, 4.69) is 45.1 Å². The molecular formula is C31H36ClFN8O. The second-order valence-electron chi connectivity index (χ2n) is 11.9. The Balaban J connectivity index is 0.000000470. The van der Waals surface area contributed by atoms with Crippen molar-refractivity contribution in [3.8, 4) is 23.2 Å². The molecule has 3 saturated heterocycles. The van der Waals surface area contributed by atoms with E-state index in [1.165, 1.54) is 20.2 Å². The molecule has 2 aromatic heterocycles. The second-order valence-corrected chi connectivity index (χ2v) is 12.3. The number of nitriles is 1. The monoisotopic (exact) mass is 590 g/mol. The van der Waals surface area contributed by atoms with Crippen LogP contribution in [-0.2, 0) is 7.05 Å². The Morgan fingerprint density at radius 1 is 1.12 bits per heavy atom. The number of anilines is 2. The van der Waals surface area contributed by atoms with Gasteiger partial charge in [0.1, 0.15) is 17.4 Å². The SMILES string of the molecule is CC1CN(C)C1.COc1nc(N2CC3CCC(C2)N3)c2cc(Cl)c(-c3c(C)n(C)c4ccc(N)c(C#N)c34)c(F)c2n1. The number of nitrogens with two attached hydrogens (primary N) is 1. The summed E-state index contributed by atoms with van der Waals surface area (Å²) < 4.78 is 23.8. The standard InChI is InChI=1S/C26H25ClFN7O.C5H11N/c1-12-20(21-16(9-29)18(30)6-7-19(21)34(12)2)22-17(27)8-15-24(23(22)28)32-26(36-3)33-25(15)35-10-13-4-5-14(11-35)31-13;1-5-3-6(2)4-5/h6-8,13-14,31H,4-5,10-11,30H2,1-3H3;5H,3-4H2,1-2H3.